The topological polar surface area (TPSA) is 89.6 Å². The number of rotatable bonds is 7. The summed E-state index contributed by atoms with van der Waals surface area (Å²) in [7, 11) is 0. The second kappa shape index (κ2) is 11.5. The molecule has 0 spiro atoms. The van der Waals surface area contributed by atoms with Crippen LogP contribution in [0.2, 0.25) is 0 Å². The molecule has 3 aromatic rings. The van der Waals surface area contributed by atoms with Gasteiger partial charge in [0.1, 0.15) is 5.76 Å². The van der Waals surface area contributed by atoms with E-state index in [2.05, 4.69) is 94.9 Å². The van der Waals surface area contributed by atoms with Crippen molar-refractivity contribution in [2.45, 2.75) is 106 Å². The molecule has 0 amide bonds. The summed E-state index contributed by atoms with van der Waals surface area (Å²) in [5.41, 5.74) is 17.4. The van der Waals surface area contributed by atoms with Gasteiger partial charge in [0.15, 0.2) is 0 Å². The lowest BCUT2D eigenvalue weighted by molar-refractivity contribution is 0.326. The van der Waals surface area contributed by atoms with Crippen molar-refractivity contribution in [3.05, 3.63) is 81.3 Å². The van der Waals surface area contributed by atoms with Crippen LogP contribution in [-0.2, 0) is 31.1 Å². The van der Waals surface area contributed by atoms with Crippen LogP contribution in [0, 0.1) is 0 Å². The van der Waals surface area contributed by atoms with Crippen LogP contribution in [0.15, 0.2) is 36.2 Å². The van der Waals surface area contributed by atoms with Crippen molar-refractivity contribution in [3.8, 4) is 0 Å². The fourth-order valence-electron chi connectivity index (χ4n) is 8.13. The molecule has 0 aliphatic carbocycles. The number of aliphatic hydroxyl groups is 1. The molecule has 1 unspecified atom stereocenters. The lowest BCUT2D eigenvalue weighted by atomic mass is 9.72. The minimum atomic E-state index is -0.726. The number of aryl methyl sites for hydroxylation is 4. The number of H-pyrrole nitrogens is 2. The third-order valence-corrected chi connectivity index (χ3v) is 10.2. The third-order valence-electron chi connectivity index (χ3n) is 10.2. The largest absolute Gasteiger partial charge is 0.509 e. The van der Waals surface area contributed by atoms with Crippen molar-refractivity contribution in [2.75, 3.05) is 5.32 Å². The van der Waals surface area contributed by atoms with Gasteiger partial charge in [-0.3, -0.25) is 0 Å². The average Bonchev–Trinajstić information content (AvgIpc) is 3.75. The first kappa shape index (κ1) is 30.0. The number of nitrogens with zero attached hydrogens (tertiary/aromatic N) is 2. The zero-order valence-electron chi connectivity index (χ0n) is 27.7. The number of aromatic nitrogens is 4. The van der Waals surface area contributed by atoms with Gasteiger partial charge in [0.2, 0.25) is 0 Å². The van der Waals surface area contributed by atoms with Crippen molar-refractivity contribution in [1.82, 2.24) is 19.9 Å². The number of aliphatic hydroxyl groups excluding tert-OH is 1. The predicted octanol–water partition coefficient (Wildman–Crippen LogP) is 9.87. The van der Waals surface area contributed by atoms with Crippen LogP contribution in [0.5, 0.6) is 0 Å². The Bertz CT molecular complexity index is 1910. The van der Waals surface area contributed by atoms with E-state index >= 15 is 0 Å². The quantitative estimate of drug-likeness (QED) is 0.221. The van der Waals surface area contributed by atoms with E-state index in [-0.39, 0.29) is 0 Å². The number of fused-ring (bicyclic) bond motifs is 8. The summed E-state index contributed by atoms with van der Waals surface area (Å²) in [6.07, 6.45) is 10.1. The van der Waals surface area contributed by atoms with E-state index in [0.717, 1.165) is 89.1 Å². The molecule has 0 saturated heterocycles. The van der Waals surface area contributed by atoms with Crippen LogP contribution in [-0.4, -0.2) is 25.0 Å². The van der Waals surface area contributed by atoms with E-state index in [4.69, 9.17) is 9.97 Å². The van der Waals surface area contributed by atoms with E-state index in [0.29, 0.717) is 12.2 Å². The first-order valence-corrected chi connectivity index (χ1v) is 16.7. The maximum atomic E-state index is 11.6. The Morgan fingerprint density at radius 3 is 1.68 bits per heavy atom. The Labute approximate surface area is 261 Å². The predicted molar refractivity (Wildman–Crippen MR) is 186 cm³/mol. The molecule has 1 atom stereocenters. The Morgan fingerprint density at radius 1 is 0.682 bits per heavy atom. The fourth-order valence-corrected chi connectivity index (χ4v) is 8.13. The molecule has 6 rings (SSSR count). The third kappa shape index (κ3) is 4.13. The highest BCUT2D eigenvalue weighted by molar-refractivity contribution is 5.98. The van der Waals surface area contributed by atoms with E-state index in [1.165, 1.54) is 38.9 Å². The smallest absolute Gasteiger partial charge is 0.125 e. The minimum absolute atomic E-state index is 0.299. The lowest BCUT2D eigenvalue weighted by Gasteiger charge is -2.33. The Kier molecular flexibility index (Phi) is 7.81. The van der Waals surface area contributed by atoms with Crippen molar-refractivity contribution in [2.24, 2.45) is 0 Å². The summed E-state index contributed by atoms with van der Waals surface area (Å²) in [6.45, 7) is 17.6. The summed E-state index contributed by atoms with van der Waals surface area (Å²) in [5.74, 6) is 0.299. The lowest BCUT2D eigenvalue weighted by Crippen LogP contribution is -2.31. The number of aromatic amines is 2. The molecule has 0 fully saturated rings. The van der Waals surface area contributed by atoms with Crippen LogP contribution in [0.1, 0.15) is 120 Å². The molecule has 3 aliphatic rings. The highest BCUT2D eigenvalue weighted by Gasteiger charge is 2.49. The van der Waals surface area contributed by atoms with Crippen molar-refractivity contribution in [3.63, 3.8) is 0 Å². The second-order valence-electron chi connectivity index (χ2n) is 12.0. The minimum Gasteiger partial charge on any atom is -0.509 e. The molecule has 3 aliphatic heterocycles. The molecule has 0 saturated carbocycles. The number of anilines is 1. The van der Waals surface area contributed by atoms with Gasteiger partial charge in [-0.05, 0) is 109 Å². The molecule has 3 aromatic heterocycles. The van der Waals surface area contributed by atoms with Crippen molar-refractivity contribution >= 4 is 44.5 Å². The number of nitrogens with one attached hydrogen (secondary N) is 3. The average molecular weight is 590 g/mol. The van der Waals surface area contributed by atoms with Crippen molar-refractivity contribution < 1.29 is 5.11 Å². The van der Waals surface area contributed by atoms with Gasteiger partial charge in [-0.15, -0.1) is 0 Å². The van der Waals surface area contributed by atoms with Crippen LogP contribution in [0.3, 0.4) is 0 Å². The van der Waals surface area contributed by atoms with E-state index in [1.54, 1.807) is 6.20 Å². The molecule has 0 aromatic carbocycles. The first-order valence-electron chi connectivity index (χ1n) is 16.7. The number of allylic oxidation sites excluding steroid dienone is 4. The highest BCUT2D eigenvalue weighted by Crippen LogP contribution is 2.54. The van der Waals surface area contributed by atoms with Crippen LogP contribution < -0.4 is 5.32 Å². The van der Waals surface area contributed by atoms with Gasteiger partial charge < -0.3 is 20.4 Å². The molecule has 0 radical (unpaired) electrons. The molecule has 6 nitrogen and oxygen atoms in total. The summed E-state index contributed by atoms with van der Waals surface area (Å²) in [4.78, 5) is 18.4. The summed E-state index contributed by atoms with van der Waals surface area (Å²) < 4.78 is 0. The van der Waals surface area contributed by atoms with Gasteiger partial charge in [0.05, 0.1) is 33.9 Å². The summed E-state index contributed by atoms with van der Waals surface area (Å²) >= 11 is 0. The zero-order valence-corrected chi connectivity index (χ0v) is 27.7. The van der Waals surface area contributed by atoms with Crippen LogP contribution in [0.4, 0.5) is 5.69 Å². The second-order valence-corrected chi connectivity index (χ2v) is 12.0. The van der Waals surface area contributed by atoms with Gasteiger partial charge in [0, 0.05) is 28.3 Å². The Hall–Kier alpha value is -4.06. The molecule has 44 heavy (non-hydrogen) atoms. The number of hydrogen-bond acceptors (Lipinski definition) is 4. The molecule has 230 valence electrons. The van der Waals surface area contributed by atoms with Gasteiger partial charge in [-0.1, -0.05) is 54.5 Å². The standard InChI is InChI=1S/C38H47N5O/c1-9-21-22(10-2)30-18-32-25(13-5)26(14-6)35(42-32)36-37-38(16-8,34(44)20-39-36)27(15-7)33(43-37)19-31-24(12-4)23(11-3)29(41-31)17-28(21)40-30/h15,17-20,39-41,44H,9-14,16H2,1-8H3. The van der Waals surface area contributed by atoms with Gasteiger partial charge in [-0.25, -0.2) is 9.97 Å². The molecular weight excluding hydrogens is 542 g/mol. The van der Waals surface area contributed by atoms with E-state index in [9.17, 15) is 5.11 Å². The zero-order chi connectivity index (χ0) is 31.3. The molecule has 6 heteroatoms. The first-order chi connectivity index (χ1) is 21.3. The van der Waals surface area contributed by atoms with E-state index < -0.39 is 5.41 Å². The van der Waals surface area contributed by atoms with Crippen LogP contribution >= 0.6 is 0 Å². The fraction of sp³-hybridized carbons (Fsp3) is 0.421. The molecule has 6 heterocycles. The van der Waals surface area contributed by atoms with Crippen molar-refractivity contribution in [1.29, 1.82) is 0 Å². The molecule has 8 bridgehead atoms. The number of hydrogen-bond donors (Lipinski definition) is 4. The van der Waals surface area contributed by atoms with Gasteiger partial charge >= 0.3 is 0 Å². The summed E-state index contributed by atoms with van der Waals surface area (Å²) in [5, 5.41) is 15.0. The van der Waals surface area contributed by atoms with Crippen LogP contribution in [0.25, 0.3) is 38.8 Å². The van der Waals surface area contributed by atoms with E-state index in [1.807, 2.05) is 0 Å². The maximum absolute atomic E-state index is 11.6. The summed E-state index contributed by atoms with van der Waals surface area (Å²) in [6, 6.07) is 6.79. The Morgan fingerprint density at radius 2 is 1.20 bits per heavy atom. The molecule has 4 N–H and O–H groups in total. The Balaban J connectivity index is 1.90. The normalized spacial score (nSPS) is 18.6. The SMILES string of the molecule is CC=C1c2cc3[nH]c(cc4[nH]c(cc5nc(c6c(n2)C1(CC)C(O)=CN6)C(CC)=C5CC)c(CC)c4CC)c(CC)c3CC. The maximum Gasteiger partial charge on any atom is 0.125 e. The monoisotopic (exact) mass is 589 g/mol. The van der Waals surface area contributed by atoms with Gasteiger partial charge in [-0.2, -0.15) is 0 Å². The van der Waals surface area contributed by atoms with Gasteiger partial charge in [0.25, 0.3) is 0 Å². The highest BCUT2D eigenvalue weighted by atomic mass is 16.3. The molecular formula is C38H47N5O.